The van der Waals surface area contributed by atoms with Crippen LogP contribution in [0.25, 0.3) is 11.4 Å². The molecule has 0 saturated carbocycles. The molecule has 2 aromatic rings. The molecule has 1 atom stereocenters. The second-order valence-corrected chi connectivity index (χ2v) is 5.06. The van der Waals surface area contributed by atoms with Gasteiger partial charge in [-0.25, -0.2) is 9.78 Å². The number of carbonyl (C=O) groups is 1. The SMILES string of the molecule is O=C(O)N1CCC(Oc2ccc(-c3noc(C(F)(F)F)n3)cn2)C1. The molecule has 0 aliphatic carbocycles. The molecule has 1 aliphatic heterocycles. The van der Waals surface area contributed by atoms with Gasteiger partial charge in [0.15, 0.2) is 0 Å². The lowest BCUT2D eigenvalue weighted by atomic mass is 10.2. The molecule has 3 heterocycles. The average molecular weight is 344 g/mol. The van der Waals surface area contributed by atoms with Gasteiger partial charge >= 0.3 is 18.2 Å². The molecule has 11 heteroatoms. The van der Waals surface area contributed by atoms with Crippen LogP contribution in [0.15, 0.2) is 22.9 Å². The summed E-state index contributed by atoms with van der Waals surface area (Å²) >= 11 is 0. The van der Waals surface area contributed by atoms with Crippen molar-refractivity contribution in [3.05, 3.63) is 24.2 Å². The van der Waals surface area contributed by atoms with Gasteiger partial charge in [-0.15, -0.1) is 0 Å². The summed E-state index contributed by atoms with van der Waals surface area (Å²) in [5.41, 5.74) is 0.236. The number of likely N-dealkylation sites (tertiary alicyclic amines) is 1. The lowest BCUT2D eigenvalue weighted by Gasteiger charge is -2.13. The third kappa shape index (κ3) is 3.39. The van der Waals surface area contributed by atoms with E-state index in [-0.39, 0.29) is 29.9 Å². The fraction of sp³-hybridized carbons (Fsp3) is 0.385. The molecule has 1 amide bonds. The van der Waals surface area contributed by atoms with E-state index in [0.29, 0.717) is 13.0 Å². The zero-order chi connectivity index (χ0) is 17.3. The fourth-order valence-electron chi connectivity index (χ4n) is 2.21. The lowest BCUT2D eigenvalue weighted by molar-refractivity contribution is -0.159. The lowest BCUT2D eigenvalue weighted by Crippen LogP contribution is -2.29. The van der Waals surface area contributed by atoms with E-state index in [0.717, 1.165) is 0 Å². The van der Waals surface area contributed by atoms with E-state index < -0.39 is 18.2 Å². The van der Waals surface area contributed by atoms with E-state index in [2.05, 4.69) is 19.6 Å². The quantitative estimate of drug-likeness (QED) is 0.911. The number of hydrogen-bond acceptors (Lipinski definition) is 6. The first-order valence-electron chi connectivity index (χ1n) is 6.85. The first kappa shape index (κ1) is 16.0. The molecule has 0 bridgehead atoms. The van der Waals surface area contributed by atoms with Crippen molar-refractivity contribution in [2.24, 2.45) is 0 Å². The summed E-state index contributed by atoms with van der Waals surface area (Å²) < 4.78 is 47.0. The number of pyridine rings is 1. The minimum atomic E-state index is -4.71. The molecule has 128 valence electrons. The maximum Gasteiger partial charge on any atom is 0.471 e. The topological polar surface area (TPSA) is 102 Å². The minimum absolute atomic E-state index is 0.232. The van der Waals surface area contributed by atoms with Crippen LogP contribution in [0.2, 0.25) is 0 Å². The molecule has 3 rings (SSSR count). The van der Waals surface area contributed by atoms with Gasteiger partial charge in [0.1, 0.15) is 6.10 Å². The molecular weight excluding hydrogens is 333 g/mol. The molecule has 1 N–H and O–H groups in total. The molecular formula is C13H11F3N4O4. The number of aromatic nitrogens is 3. The molecule has 0 aromatic carbocycles. The first-order valence-corrected chi connectivity index (χ1v) is 6.85. The Morgan fingerprint density at radius 1 is 1.42 bits per heavy atom. The third-order valence-corrected chi connectivity index (χ3v) is 3.37. The van der Waals surface area contributed by atoms with Gasteiger partial charge in [0.2, 0.25) is 11.7 Å². The maximum absolute atomic E-state index is 12.4. The van der Waals surface area contributed by atoms with E-state index in [1.807, 2.05) is 0 Å². The second kappa shape index (κ2) is 5.98. The molecule has 8 nitrogen and oxygen atoms in total. The number of carboxylic acid groups (broad SMARTS) is 1. The van der Waals surface area contributed by atoms with Gasteiger partial charge in [-0.05, 0) is 6.07 Å². The smallest absolute Gasteiger partial charge is 0.471 e. The normalized spacial score (nSPS) is 18.0. The number of amides is 1. The van der Waals surface area contributed by atoms with Crippen molar-refractivity contribution in [1.82, 2.24) is 20.0 Å². The fourth-order valence-corrected chi connectivity index (χ4v) is 2.21. The number of hydrogen-bond donors (Lipinski definition) is 1. The van der Waals surface area contributed by atoms with Gasteiger partial charge in [0.05, 0.1) is 6.54 Å². The Morgan fingerprint density at radius 3 is 2.75 bits per heavy atom. The molecule has 1 unspecified atom stereocenters. The van der Waals surface area contributed by atoms with Gasteiger partial charge in [0, 0.05) is 30.8 Å². The van der Waals surface area contributed by atoms with Crippen LogP contribution in [-0.2, 0) is 6.18 Å². The van der Waals surface area contributed by atoms with Crippen LogP contribution in [0.4, 0.5) is 18.0 Å². The van der Waals surface area contributed by atoms with E-state index in [9.17, 15) is 18.0 Å². The summed E-state index contributed by atoms with van der Waals surface area (Å²) in [6, 6.07) is 2.89. The predicted molar refractivity (Wildman–Crippen MR) is 71.2 cm³/mol. The Morgan fingerprint density at radius 2 is 2.21 bits per heavy atom. The number of halogens is 3. The van der Waals surface area contributed by atoms with Crippen molar-refractivity contribution < 1.29 is 32.3 Å². The highest BCUT2D eigenvalue weighted by Crippen LogP contribution is 2.29. The van der Waals surface area contributed by atoms with Crippen molar-refractivity contribution >= 4 is 6.09 Å². The highest BCUT2D eigenvalue weighted by molar-refractivity contribution is 5.65. The Bertz CT molecular complexity index is 732. The Balaban J connectivity index is 1.66. The average Bonchev–Trinajstić information content (AvgIpc) is 3.16. The zero-order valence-electron chi connectivity index (χ0n) is 12.0. The molecule has 1 saturated heterocycles. The largest absolute Gasteiger partial charge is 0.472 e. The van der Waals surface area contributed by atoms with Crippen molar-refractivity contribution in [2.45, 2.75) is 18.7 Å². The number of alkyl halides is 3. The van der Waals surface area contributed by atoms with Crippen LogP contribution in [0.1, 0.15) is 12.3 Å². The molecule has 1 fully saturated rings. The molecule has 0 spiro atoms. The van der Waals surface area contributed by atoms with Crippen LogP contribution in [-0.4, -0.2) is 50.4 Å². The zero-order valence-corrected chi connectivity index (χ0v) is 12.0. The van der Waals surface area contributed by atoms with Crippen LogP contribution in [0.3, 0.4) is 0 Å². The minimum Gasteiger partial charge on any atom is -0.472 e. The summed E-state index contributed by atoms with van der Waals surface area (Å²) in [7, 11) is 0. The van der Waals surface area contributed by atoms with E-state index in [4.69, 9.17) is 9.84 Å². The third-order valence-electron chi connectivity index (χ3n) is 3.37. The molecule has 2 aromatic heterocycles. The number of ether oxygens (including phenoxy) is 1. The van der Waals surface area contributed by atoms with Crippen LogP contribution < -0.4 is 4.74 Å². The summed E-state index contributed by atoms with van der Waals surface area (Å²) in [4.78, 5) is 19.3. The maximum atomic E-state index is 12.4. The van der Waals surface area contributed by atoms with Crippen LogP contribution in [0, 0.1) is 0 Å². The number of nitrogens with zero attached hydrogens (tertiary/aromatic N) is 4. The summed E-state index contributed by atoms with van der Waals surface area (Å²) in [5.74, 6) is -1.44. The molecule has 0 radical (unpaired) electrons. The first-order chi connectivity index (χ1) is 11.3. The van der Waals surface area contributed by atoms with Gasteiger partial charge in [-0.2, -0.15) is 18.2 Å². The van der Waals surface area contributed by atoms with Crippen molar-refractivity contribution in [3.8, 4) is 17.3 Å². The van der Waals surface area contributed by atoms with Gasteiger partial charge in [-0.3, -0.25) is 0 Å². The van der Waals surface area contributed by atoms with E-state index in [1.54, 1.807) is 0 Å². The van der Waals surface area contributed by atoms with Crippen molar-refractivity contribution in [3.63, 3.8) is 0 Å². The summed E-state index contributed by atoms with van der Waals surface area (Å²) in [5, 5.41) is 12.1. The monoisotopic (exact) mass is 344 g/mol. The predicted octanol–water partition coefficient (Wildman–Crippen LogP) is 2.28. The second-order valence-electron chi connectivity index (χ2n) is 5.06. The summed E-state index contributed by atoms with van der Waals surface area (Å²) in [6.45, 7) is 0.611. The standard InChI is InChI=1S/C13H11F3N4O4/c14-13(15,16)11-18-10(19-24-11)7-1-2-9(17-5-7)23-8-3-4-20(6-8)12(21)22/h1-2,5,8H,3-4,6H2,(H,21,22). The van der Waals surface area contributed by atoms with Crippen molar-refractivity contribution in [1.29, 1.82) is 0 Å². The van der Waals surface area contributed by atoms with Gasteiger partial charge in [0.25, 0.3) is 0 Å². The highest BCUT2D eigenvalue weighted by atomic mass is 19.4. The van der Waals surface area contributed by atoms with Crippen LogP contribution >= 0.6 is 0 Å². The van der Waals surface area contributed by atoms with Crippen molar-refractivity contribution in [2.75, 3.05) is 13.1 Å². The van der Waals surface area contributed by atoms with Gasteiger partial charge in [-0.1, -0.05) is 5.16 Å². The molecule has 1 aliphatic rings. The number of rotatable bonds is 3. The van der Waals surface area contributed by atoms with Crippen LogP contribution in [0.5, 0.6) is 5.88 Å². The highest BCUT2D eigenvalue weighted by Gasteiger charge is 2.38. The van der Waals surface area contributed by atoms with E-state index in [1.165, 1.54) is 23.2 Å². The molecule has 24 heavy (non-hydrogen) atoms. The Labute approximate surface area is 132 Å². The Kier molecular flexibility index (Phi) is 3.99. The van der Waals surface area contributed by atoms with Gasteiger partial charge < -0.3 is 19.3 Å². The van der Waals surface area contributed by atoms with E-state index >= 15 is 0 Å². The summed E-state index contributed by atoms with van der Waals surface area (Å²) in [6.07, 6.45) is -4.25. The Hall–Kier alpha value is -2.85.